The van der Waals surface area contributed by atoms with Crippen molar-refractivity contribution >= 4 is 22.7 Å². The highest BCUT2D eigenvalue weighted by Gasteiger charge is 2.14. The Hall–Kier alpha value is -3.06. The molecule has 166 valence electrons. The molecule has 0 saturated carbocycles. The molecule has 0 fully saturated rings. The highest BCUT2D eigenvalue weighted by molar-refractivity contribution is 7.98. The lowest BCUT2D eigenvalue weighted by Gasteiger charge is -2.11. The van der Waals surface area contributed by atoms with Crippen LogP contribution in [0.15, 0.2) is 52.4 Å². The molecule has 2 aromatic heterocycles. The van der Waals surface area contributed by atoms with E-state index in [2.05, 4.69) is 46.6 Å². The van der Waals surface area contributed by atoms with E-state index in [0.717, 1.165) is 57.4 Å². The van der Waals surface area contributed by atoms with Crippen LogP contribution in [0, 0.1) is 13.8 Å². The Balaban J connectivity index is 1.51. The fraction of sp³-hybridized carbons (Fsp3) is 0.320. The van der Waals surface area contributed by atoms with Crippen molar-refractivity contribution in [3.8, 4) is 5.75 Å². The molecule has 32 heavy (non-hydrogen) atoms. The standard InChI is InChI=1S/C25H28N4O2S/c1-5-18-9-7-8-10-22(18)31-14-23-27-28-25(29(23)6-2)32-15-19-13-21(30)20-12-11-16(3)17(4)24(20)26-19/h7-13H,5-6,14-15H2,1-4H3,(H,26,30). The molecule has 0 unspecified atom stereocenters. The van der Waals surface area contributed by atoms with E-state index >= 15 is 0 Å². The summed E-state index contributed by atoms with van der Waals surface area (Å²) in [7, 11) is 0. The number of thioether (sulfide) groups is 1. The van der Waals surface area contributed by atoms with Crippen molar-refractivity contribution < 1.29 is 4.74 Å². The number of hydrogen-bond acceptors (Lipinski definition) is 5. The van der Waals surface area contributed by atoms with Gasteiger partial charge in [0.15, 0.2) is 16.4 Å². The summed E-state index contributed by atoms with van der Waals surface area (Å²) in [5.41, 5.74) is 5.27. The number of aromatic nitrogens is 4. The lowest BCUT2D eigenvalue weighted by atomic mass is 10.0. The third-order valence-electron chi connectivity index (χ3n) is 5.77. The number of nitrogens with one attached hydrogen (secondary N) is 1. The number of aryl methyl sites for hydroxylation is 3. The van der Waals surface area contributed by atoms with E-state index in [1.807, 2.05) is 37.3 Å². The second-order valence-corrected chi connectivity index (χ2v) is 8.71. The number of hydrogen-bond donors (Lipinski definition) is 1. The Morgan fingerprint density at radius 3 is 2.69 bits per heavy atom. The van der Waals surface area contributed by atoms with Gasteiger partial charge in [0.05, 0.1) is 5.52 Å². The van der Waals surface area contributed by atoms with Gasteiger partial charge in [0, 0.05) is 29.4 Å². The molecule has 1 N–H and O–H groups in total. The lowest BCUT2D eigenvalue weighted by molar-refractivity contribution is 0.285. The first-order valence-electron chi connectivity index (χ1n) is 10.9. The third kappa shape index (κ3) is 4.43. The van der Waals surface area contributed by atoms with Crippen molar-refractivity contribution in [2.75, 3.05) is 0 Å². The molecule has 2 heterocycles. The second-order valence-electron chi connectivity index (χ2n) is 7.77. The summed E-state index contributed by atoms with van der Waals surface area (Å²) in [6.07, 6.45) is 0.917. The number of ether oxygens (including phenoxy) is 1. The molecule has 0 saturated heterocycles. The summed E-state index contributed by atoms with van der Waals surface area (Å²) in [4.78, 5) is 16.0. The fourth-order valence-corrected chi connectivity index (χ4v) is 4.69. The Morgan fingerprint density at radius 2 is 1.91 bits per heavy atom. The number of fused-ring (bicyclic) bond motifs is 1. The minimum Gasteiger partial charge on any atom is -0.485 e. The van der Waals surface area contributed by atoms with Crippen molar-refractivity contribution in [1.82, 2.24) is 19.7 Å². The summed E-state index contributed by atoms with van der Waals surface area (Å²) in [6, 6.07) is 13.6. The zero-order valence-electron chi connectivity index (χ0n) is 18.9. The Bertz CT molecular complexity index is 1310. The van der Waals surface area contributed by atoms with Gasteiger partial charge in [-0.05, 0) is 56.0 Å². The zero-order valence-corrected chi connectivity index (χ0v) is 19.8. The maximum Gasteiger partial charge on any atom is 0.191 e. The van der Waals surface area contributed by atoms with E-state index in [1.165, 1.54) is 5.56 Å². The van der Waals surface area contributed by atoms with Gasteiger partial charge in [-0.2, -0.15) is 0 Å². The number of H-pyrrole nitrogens is 1. The van der Waals surface area contributed by atoms with Gasteiger partial charge in [-0.25, -0.2) is 0 Å². The summed E-state index contributed by atoms with van der Waals surface area (Å²) < 4.78 is 8.10. The molecule has 0 spiro atoms. The molecule has 0 amide bonds. The minimum absolute atomic E-state index is 0.0399. The van der Waals surface area contributed by atoms with E-state index in [1.54, 1.807) is 17.8 Å². The van der Waals surface area contributed by atoms with Crippen LogP contribution in [-0.4, -0.2) is 19.7 Å². The average molecular weight is 449 g/mol. The summed E-state index contributed by atoms with van der Waals surface area (Å²) >= 11 is 1.57. The quantitative estimate of drug-likeness (QED) is 0.376. The van der Waals surface area contributed by atoms with Gasteiger partial charge >= 0.3 is 0 Å². The van der Waals surface area contributed by atoms with Crippen LogP contribution < -0.4 is 10.2 Å². The number of benzene rings is 2. The van der Waals surface area contributed by atoms with Gasteiger partial charge in [0.25, 0.3) is 0 Å². The highest BCUT2D eigenvalue weighted by atomic mass is 32.2. The minimum atomic E-state index is 0.0399. The Morgan fingerprint density at radius 1 is 1.09 bits per heavy atom. The van der Waals surface area contributed by atoms with Crippen molar-refractivity contribution in [2.45, 2.75) is 58.2 Å². The molecule has 0 aliphatic carbocycles. The highest BCUT2D eigenvalue weighted by Crippen LogP contribution is 2.24. The topological polar surface area (TPSA) is 72.8 Å². The van der Waals surface area contributed by atoms with Crippen molar-refractivity contribution in [2.24, 2.45) is 0 Å². The van der Waals surface area contributed by atoms with Crippen molar-refractivity contribution in [3.63, 3.8) is 0 Å². The first kappa shape index (κ1) is 22.1. The first-order valence-corrected chi connectivity index (χ1v) is 11.9. The van der Waals surface area contributed by atoms with Crippen LogP contribution >= 0.6 is 11.8 Å². The molecule has 4 rings (SSSR count). The molecule has 0 aliphatic rings. The smallest absolute Gasteiger partial charge is 0.191 e. The summed E-state index contributed by atoms with van der Waals surface area (Å²) in [5, 5.41) is 10.3. The van der Waals surface area contributed by atoms with Crippen LogP contribution in [0.2, 0.25) is 0 Å². The number of aromatic amines is 1. The lowest BCUT2D eigenvalue weighted by Crippen LogP contribution is -2.08. The molecule has 2 aromatic carbocycles. The molecular formula is C25H28N4O2S. The number of rotatable bonds is 8. The molecule has 4 aromatic rings. The number of nitrogens with zero attached hydrogens (tertiary/aromatic N) is 3. The van der Waals surface area contributed by atoms with E-state index in [-0.39, 0.29) is 5.43 Å². The SMILES string of the molecule is CCc1ccccc1OCc1nnc(SCc2cc(=O)c3ccc(C)c(C)c3[nH]2)n1CC. The average Bonchev–Trinajstić information content (AvgIpc) is 3.20. The van der Waals surface area contributed by atoms with Gasteiger partial charge in [0.2, 0.25) is 0 Å². The van der Waals surface area contributed by atoms with Crippen LogP contribution in [0.5, 0.6) is 5.75 Å². The number of para-hydroxylation sites is 1. The van der Waals surface area contributed by atoms with Crippen LogP contribution in [0.1, 0.15) is 42.1 Å². The molecule has 0 radical (unpaired) electrons. The monoisotopic (exact) mass is 448 g/mol. The summed E-state index contributed by atoms with van der Waals surface area (Å²) in [6.45, 7) is 9.40. The van der Waals surface area contributed by atoms with Gasteiger partial charge in [-0.3, -0.25) is 4.79 Å². The van der Waals surface area contributed by atoms with E-state index in [0.29, 0.717) is 12.4 Å². The molecule has 7 heteroatoms. The molecule has 0 aliphatic heterocycles. The zero-order chi connectivity index (χ0) is 22.7. The predicted octanol–water partition coefficient (Wildman–Crippen LogP) is 5.19. The fourth-order valence-electron chi connectivity index (χ4n) is 3.76. The van der Waals surface area contributed by atoms with E-state index in [4.69, 9.17) is 4.74 Å². The third-order valence-corrected chi connectivity index (χ3v) is 6.78. The second kappa shape index (κ2) is 9.61. The maximum atomic E-state index is 12.6. The van der Waals surface area contributed by atoms with Gasteiger partial charge in [-0.15, -0.1) is 10.2 Å². The van der Waals surface area contributed by atoms with Crippen molar-refractivity contribution in [3.05, 3.63) is 80.9 Å². The molecule has 6 nitrogen and oxygen atoms in total. The van der Waals surface area contributed by atoms with Gasteiger partial charge in [-0.1, -0.05) is 43.0 Å². The van der Waals surface area contributed by atoms with E-state index in [9.17, 15) is 4.79 Å². The Kier molecular flexibility index (Phi) is 6.65. The van der Waals surface area contributed by atoms with Crippen LogP contribution in [0.3, 0.4) is 0 Å². The van der Waals surface area contributed by atoms with Crippen LogP contribution in [-0.2, 0) is 25.3 Å². The molecule has 0 bridgehead atoms. The van der Waals surface area contributed by atoms with E-state index < -0.39 is 0 Å². The first-order chi connectivity index (χ1) is 15.5. The van der Waals surface area contributed by atoms with Crippen LogP contribution in [0.25, 0.3) is 10.9 Å². The maximum absolute atomic E-state index is 12.6. The van der Waals surface area contributed by atoms with Gasteiger partial charge < -0.3 is 14.3 Å². The number of pyridine rings is 1. The normalized spacial score (nSPS) is 11.2. The Labute approximate surface area is 192 Å². The van der Waals surface area contributed by atoms with Crippen molar-refractivity contribution in [1.29, 1.82) is 0 Å². The molecular weight excluding hydrogens is 420 g/mol. The predicted molar refractivity (Wildman–Crippen MR) is 129 cm³/mol. The molecule has 0 atom stereocenters. The largest absolute Gasteiger partial charge is 0.485 e. The van der Waals surface area contributed by atoms with Gasteiger partial charge in [0.1, 0.15) is 12.4 Å². The van der Waals surface area contributed by atoms with Crippen LogP contribution in [0.4, 0.5) is 0 Å². The summed E-state index contributed by atoms with van der Waals surface area (Å²) in [5.74, 6) is 2.28.